The van der Waals surface area contributed by atoms with E-state index in [1.807, 2.05) is 12.1 Å². The van der Waals surface area contributed by atoms with Gasteiger partial charge in [-0.15, -0.1) is 0 Å². The number of nitrogens with one attached hydrogen (secondary N) is 1. The Balaban J connectivity index is 1.63. The minimum absolute atomic E-state index is 0.0575. The van der Waals surface area contributed by atoms with Crippen molar-refractivity contribution in [1.82, 2.24) is 5.32 Å². The highest BCUT2D eigenvalue weighted by molar-refractivity contribution is 5.85. The van der Waals surface area contributed by atoms with E-state index in [9.17, 15) is 15.3 Å². The van der Waals surface area contributed by atoms with E-state index in [0.717, 1.165) is 6.42 Å². The number of aliphatic hydroxyl groups is 1. The van der Waals surface area contributed by atoms with Crippen molar-refractivity contribution in [3.63, 3.8) is 0 Å². The van der Waals surface area contributed by atoms with Crippen molar-refractivity contribution in [3.8, 4) is 11.5 Å². The molecular weight excluding hydrogens is 314 g/mol. The molecule has 2 unspecified atom stereocenters. The van der Waals surface area contributed by atoms with Gasteiger partial charge in [0.2, 0.25) is 0 Å². The number of hydrogen-bond donors (Lipinski definition) is 4. The van der Waals surface area contributed by atoms with Crippen LogP contribution >= 0.6 is 0 Å². The fourth-order valence-electron chi connectivity index (χ4n) is 3.11. The molecule has 0 radical (unpaired) electrons. The van der Waals surface area contributed by atoms with Gasteiger partial charge in [-0.3, -0.25) is 0 Å². The topological polar surface area (TPSA) is 72.7 Å². The Hall–Kier alpha value is -2.56. The van der Waals surface area contributed by atoms with E-state index in [1.165, 1.54) is 34.5 Å². The number of benzene rings is 3. The van der Waals surface area contributed by atoms with Crippen LogP contribution in [0.25, 0.3) is 10.8 Å². The Labute approximate surface area is 147 Å². The van der Waals surface area contributed by atoms with Gasteiger partial charge in [0.15, 0.2) is 0 Å². The third-order valence-electron chi connectivity index (χ3n) is 4.38. The zero-order valence-corrected chi connectivity index (χ0v) is 14.2. The summed E-state index contributed by atoms with van der Waals surface area (Å²) in [6.07, 6.45) is 0.0484. The van der Waals surface area contributed by atoms with E-state index in [4.69, 9.17) is 0 Å². The fraction of sp³-hybridized carbons (Fsp3) is 0.238. The van der Waals surface area contributed by atoms with Crippen LogP contribution in [0.2, 0.25) is 0 Å². The highest BCUT2D eigenvalue weighted by Crippen LogP contribution is 2.25. The number of hydrogen-bond acceptors (Lipinski definition) is 4. The van der Waals surface area contributed by atoms with Crippen LogP contribution in [0.3, 0.4) is 0 Å². The molecule has 0 bridgehead atoms. The molecule has 3 rings (SSSR count). The lowest BCUT2D eigenvalue weighted by Gasteiger charge is -2.18. The van der Waals surface area contributed by atoms with E-state index in [2.05, 4.69) is 42.6 Å². The Morgan fingerprint density at radius 2 is 1.60 bits per heavy atom. The third-order valence-corrected chi connectivity index (χ3v) is 4.38. The van der Waals surface area contributed by atoms with Crippen LogP contribution in [0, 0.1) is 0 Å². The molecule has 0 spiro atoms. The maximum absolute atomic E-state index is 10.3. The molecule has 0 saturated carbocycles. The van der Waals surface area contributed by atoms with Crippen LogP contribution in [0.4, 0.5) is 0 Å². The van der Waals surface area contributed by atoms with Crippen LogP contribution in [0.5, 0.6) is 11.5 Å². The summed E-state index contributed by atoms with van der Waals surface area (Å²) in [5, 5.41) is 35.1. The van der Waals surface area contributed by atoms with Crippen molar-refractivity contribution >= 4 is 10.8 Å². The van der Waals surface area contributed by atoms with E-state index in [0.29, 0.717) is 12.1 Å². The van der Waals surface area contributed by atoms with Crippen molar-refractivity contribution in [2.45, 2.75) is 25.5 Å². The Bertz CT molecular complexity index is 837. The SMILES string of the molecule is CC(Cc1cccc2ccccc12)NCC(O)c1cc(O)cc(O)c1. The summed E-state index contributed by atoms with van der Waals surface area (Å²) < 4.78 is 0. The first-order valence-electron chi connectivity index (χ1n) is 8.44. The van der Waals surface area contributed by atoms with E-state index in [-0.39, 0.29) is 17.5 Å². The van der Waals surface area contributed by atoms with Crippen molar-refractivity contribution < 1.29 is 15.3 Å². The average Bonchev–Trinajstić information content (AvgIpc) is 2.59. The molecule has 130 valence electrons. The fourth-order valence-corrected chi connectivity index (χ4v) is 3.11. The van der Waals surface area contributed by atoms with Crippen LogP contribution in [-0.4, -0.2) is 27.9 Å². The van der Waals surface area contributed by atoms with Gasteiger partial charge in [0, 0.05) is 18.7 Å². The minimum atomic E-state index is -0.798. The van der Waals surface area contributed by atoms with E-state index < -0.39 is 6.10 Å². The lowest BCUT2D eigenvalue weighted by molar-refractivity contribution is 0.170. The van der Waals surface area contributed by atoms with Crippen LogP contribution < -0.4 is 5.32 Å². The molecule has 0 heterocycles. The lowest BCUT2D eigenvalue weighted by Crippen LogP contribution is -2.32. The molecule has 4 nitrogen and oxygen atoms in total. The van der Waals surface area contributed by atoms with Gasteiger partial charge in [-0.05, 0) is 47.4 Å². The Morgan fingerprint density at radius 3 is 2.36 bits per heavy atom. The summed E-state index contributed by atoms with van der Waals surface area (Å²) in [5.41, 5.74) is 1.75. The molecule has 4 heteroatoms. The number of phenolic OH excluding ortho intramolecular Hbond substituents is 2. The molecule has 0 aliphatic rings. The van der Waals surface area contributed by atoms with Gasteiger partial charge in [0.1, 0.15) is 11.5 Å². The van der Waals surface area contributed by atoms with Gasteiger partial charge in [-0.1, -0.05) is 42.5 Å². The largest absolute Gasteiger partial charge is 0.508 e. The number of rotatable bonds is 6. The maximum Gasteiger partial charge on any atom is 0.119 e. The predicted molar refractivity (Wildman–Crippen MR) is 99.8 cm³/mol. The quantitative estimate of drug-likeness (QED) is 0.555. The number of aliphatic hydroxyl groups excluding tert-OH is 1. The molecule has 0 fully saturated rings. The zero-order valence-electron chi connectivity index (χ0n) is 14.2. The standard InChI is InChI=1S/C21H23NO3/c1-14(9-16-7-4-6-15-5-2-3-8-20(15)16)22-13-21(25)17-10-18(23)12-19(24)11-17/h2-8,10-12,14,21-25H,9,13H2,1H3. The van der Waals surface area contributed by atoms with Crippen LogP contribution in [0.15, 0.2) is 60.7 Å². The Morgan fingerprint density at radius 1 is 0.920 bits per heavy atom. The molecule has 3 aromatic rings. The first-order chi connectivity index (χ1) is 12.0. The first kappa shape index (κ1) is 17.3. The van der Waals surface area contributed by atoms with Crippen LogP contribution in [0.1, 0.15) is 24.2 Å². The summed E-state index contributed by atoms with van der Waals surface area (Å²) in [6, 6.07) is 18.9. The summed E-state index contributed by atoms with van der Waals surface area (Å²) in [5.74, 6) is -0.115. The van der Waals surface area contributed by atoms with Gasteiger partial charge in [0.05, 0.1) is 6.10 Å². The van der Waals surface area contributed by atoms with Gasteiger partial charge in [-0.2, -0.15) is 0 Å². The second-order valence-electron chi connectivity index (χ2n) is 6.45. The molecule has 25 heavy (non-hydrogen) atoms. The molecule has 0 amide bonds. The highest BCUT2D eigenvalue weighted by Gasteiger charge is 2.12. The monoisotopic (exact) mass is 337 g/mol. The molecular formula is C21H23NO3. The molecule has 4 N–H and O–H groups in total. The predicted octanol–water partition coefficient (Wildman–Crippen LogP) is 3.51. The average molecular weight is 337 g/mol. The van der Waals surface area contributed by atoms with Gasteiger partial charge < -0.3 is 20.6 Å². The Kier molecular flexibility index (Phi) is 5.22. The summed E-state index contributed by atoms with van der Waals surface area (Å²) in [6.45, 7) is 2.42. The number of phenols is 2. The van der Waals surface area contributed by atoms with E-state index >= 15 is 0 Å². The van der Waals surface area contributed by atoms with E-state index in [1.54, 1.807) is 0 Å². The number of fused-ring (bicyclic) bond motifs is 1. The van der Waals surface area contributed by atoms with Gasteiger partial charge >= 0.3 is 0 Å². The summed E-state index contributed by atoms with van der Waals surface area (Å²) >= 11 is 0. The van der Waals surface area contributed by atoms with Crippen molar-refractivity contribution in [2.24, 2.45) is 0 Å². The second-order valence-corrected chi connectivity index (χ2v) is 6.45. The summed E-state index contributed by atoms with van der Waals surface area (Å²) in [7, 11) is 0. The summed E-state index contributed by atoms with van der Waals surface area (Å²) in [4.78, 5) is 0. The highest BCUT2D eigenvalue weighted by atomic mass is 16.3. The molecule has 3 aromatic carbocycles. The van der Waals surface area contributed by atoms with Crippen molar-refractivity contribution in [2.75, 3.05) is 6.54 Å². The molecule has 2 atom stereocenters. The minimum Gasteiger partial charge on any atom is -0.508 e. The third kappa shape index (κ3) is 4.29. The smallest absolute Gasteiger partial charge is 0.119 e. The van der Waals surface area contributed by atoms with Crippen molar-refractivity contribution in [3.05, 3.63) is 71.8 Å². The maximum atomic E-state index is 10.3. The van der Waals surface area contributed by atoms with Gasteiger partial charge in [0.25, 0.3) is 0 Å². The van der Waals surface area contributed by atoms with Gasteiger partial charge in [-0.25, -0.2) is 0 Å². The van der Waals surface area contributed by atoms with Crippen LogP contribution in [-0.2, 0) is 6.42 Å². The second kappa shape index (κ2) is 7.55. The molecule has 0 aliphatic heterocycles. The van der Waals surface area contributed by atoms with Crippen molar-refractivity contribution in [1.29, 1.82) is 0 Å². The molecule has 0 aromatic heterocycles. The molecule has 0 saturated heterocycles. The normalized spacial score (nSPS) is 13.7. The first-order valence-corrected chi connectivity index (χ1v) is 8.44. The zero-order chi connectivity index (χ0) is 17.8. The molecule has 0 aliphatic carbocycles. The number of aromatic hydroxyl groups is 2. The lowest BCUT2D eigenvalue weighted by atomic mass is 9.99.